The molecular weight excluding hydrogens is 334 g/mol. The summed E-state index contributed by atoms with van der Waals surface area (Å²) >= 11 is 0. The maximum Gasteiger partial charge on any atom is 0.0544 e. The van der Waals surface area contributed by atoms with Crippen molar-refractivity contribution in [3.05, 3.63) is 65.5 Å². The highest BCUT2D eigenvalue weighted by atomic mass is 15.1. The fourth-order valence-electron chi connectivity index (χ4n) is 3.04. The standard InChI is InChI=1S/C22H35N5/c1-27(2)13-12-25-17-21-9-11-26-22(15-21)18-24-10-8-20(16-23)14-19-6-4-3-5-7-19/h3-7,9,11,15,20,24-25H,8,10,12-14,16-18,23H2,1-2H3. The Kier molecular flexibility index (Phi) is 10.0. The van der Waals surface area contributed by atoms with Crippen LogP contribution in [-0.2, 0) is 19.5 Å². The van der Waals surface area contributed by atoms with Crippen molar-refractivity contribution in [2.45, 2.75) is 25.9 Å². The number of likely N-dealkylation sites (N-methyl/N-ethyl adjacent to an activating group) is 1. The number of benzene rings is 1. The minimum atomic E-state index is 0.514. The lowest BCUT2D eigenvalue weighted by Crippen LogP contribution is -2.26. The van der Waals surface area contributed by atoms with Gasteiger partial charge < -0.3 is 21.3 Å². The summed E-state index contributed by atoms with van der Waals surface area (Å²) in [5, 5.41) is 6.99. The molecule has 5 heteroatoms. The number of nitrogens with zero attached hydrogens (tertiary/aromatic N) is 2. The molecule has 0 amide bonds. The molecule has 0 radical (unpaired) electrons. The Labute approximate surface area is 164 Å². The van der Waals surface area contributed by atoms with E-state index in [1.807, 2.05) is 6.20 Å². The highest BCUT2D eigenvalue weighted by molar-refractivity contribution is 5.16. The minimum absolute atomic E-state index is 0.514. The van der Waals surface area contributed by atoms with Gasteiger partial charge in [0.25, 0.3) is 0 Å². The van der Waals surface area contributed by atoms with Gasteiger partial charge in [-0.1, -0.05) is 30.3 Å². The first-order valence-electron chi connectivity index (χ1n) is 9.91. The van der Waals surface area contributed by atoms with E-state index < -0.39 is 0 Å². The normalized spacial score (nSPS) is 12.4. The number of hydrogen-bond acceptors (Lipinski definition) is 5. The van der Waals surface area contributed by atoms with Gasteiger partial charge in [0, 0.05) is 32.4 Å². The van der Waals surface area contributed by atoms with Crippen LogP contribution in [0.2, 0.25) is 0 Å². The molecule has 0 fully saturated rings. The molecule has 1 heterocycles. The summed E-state index contributed by atoms with van der Waals surface area (Å²) in [6.45, 7) is 5.41. The molecule has 0 bridgehead atoms. The number of rotatable bonds is 13. The predicted molar refractivity (Wildman–Crippen MR) is 114 cm³/mol. The molecule has 1 aromatic carbocycles. The summed E-state index contributed by atoms with van der Waals surface area (Å²) in [6, 6.07) is 14.9. The fraction of sp³-hybridized carbons (Fsp3) is 0.500. The van der Waals surface area contributed by atoms with Crippen LogP contribution in [0, 0.1) is 5.92 Å². The van der Waals surface area contributed by atoms with E-state index in [2.05, 4.69) is 77.1 Å². The molecule has 0 aliphatic rings. The maximum absolute atomic E-state index is 5.96. The molecule has 0 saturated carbocycles. The summed E-state index contributed by atoms with van der Waals surface area (Å²) in [6.07, 6.45) is 4.03. The Hall–Kier alpha value is -1.79. The van der Waals surface area contributed by atoms with Gasteiger partial charge in [0.2, 0.25) is 0 Å². The molecule has 1 unspecified atom stereocenters. The summed E-state index contributed by atoms with van der Waals surface area (Å²) in [4.78, 5) is 6.66. The van der Waals surface area contributed by atoms with Gasteiger partial charge in [-0.15, -0.1) is 0 Å². The Morgan fingerprint density at radius 2 is 1.78 bits per heavy atom. The molecule has 1 aromatic heterocycles. The Bertz CT molecular complexity index is 630. The second-order valence-electron chi connectivity index (χ2n) is 7.39. The van der Waals surface area contributed by atoms with Crippen LogP contribution in [0.3, 0.4) is 0 Å². The summed E-state index contributed by atoms with van der Waals surface area (Å²) in [5.74, 6) is 0.514. The zero-order valence-electron chi connectivity index (χ0n) is 16.8. The molecule has 0 aliphatic carbocycles. The van der Waals surface area contributed by atoms with E-state index in [-0.39, 0.29) is 0 Å². The molecule has 27 heavy (non-hydrogen) atoms. The molecule has 148 valence electrons. The first-order chi connectivity index (χ1) is 13.2. The molecule has 0 saturated heterocycles. The van der Waals surface area contributed by atoms with Crippen LogP contribution in [0.15, 0.2) is 48.7 Å². The second kappa shape index (κ2) is 12.6. The molecule has 0 aliphatic heterocycles. The Morgan fingerprint density at radius 1 is 1.00 bits per heavy atom. The van der Waals surface area contributed by atoms with Crippen LogP contribution in [0.5, 0.6) is 0 Å². The molecule has 2 aromatic rings. The Morgan fingerprint density at radius 3 is 2.52 bits per heavy atom. The van der Waals surface area contributed by atoms with E-state index in [1.165, 1.54) is 11.1 Å². The first-order valence-corrected chi connectivity index (χ1v) is 9.91. The minimum Gasteiger partial charge on any atom is -0.330 e. The third-order valence-corrected chi connectivity index (χ3v) is 4.68. The van der Waals surface area contributed by atoms with Crippen LogP contribution in [-0.4, -0.2) is 50.2 Å². The van der Waals surface area contributed by atoms with Gasteiger partial charge in [0.05, 0.1) is 5.69 Å². The molecule has 4 N–H and O–H groups in total. The van der Waals surface area contributed by atoms with Crippen molar-refractivity contribution in [3.8, 4) is 0 Å². The van der Waals surface area contributed by atoms with Gasteiger partial charge in [0.15, 0.2) is 0 Å². The maximum atomic E-state index is 5.96. The third-order valence-electron chi connectivity index (χ3n) is 4.68. The van der Waals surface area contributed by atoms with Gasteiger partial charge in [-0.05, 0) is 69.2 Å². The average Bonchev–Trinajstić information content (AvgIpc) is 2.68. The van der Waals surface area contributed by atoms with Gasteiger partial charge >= 0.3 is 0 Å². The van der Waals surface area contributed by atoms with Crippen molar-refractivity contribution in [2.24, 2.45) is 11.7 Å². The summed E-state index contributed by atoms with van der Waals surface area (Å²) < 4.78 is 0. The van der Waals surface area contributed by atoms with Gasteiger partial charge in [-0.25, -0.2) is 0 Å². The number of aromatic nitrogens is 1. The molecule has 1 atom stereocenters. The Balaban J connectivity index is 1.67. The predicted octanol–water partition coefficient (Wildman–Crippen LogP) is 2.03. The number of nitrogens with two attached hydrogens (primary N) is 1. The second-order valence-corrected chi connectivity index (χ2v) is 7.39. The van der Waals surface area contributed by atoms with E-state index in [1.54, 1.807) is 0 Å². The molecular formula is C22H35N5. The van der Waals surface area contributed by atoms with Crippen molar-refractivity contribution in [1.29, 1.82) is 0 Å². The average molecular weight is 370 g/mol. The van der Waals surface area contributed by atoms with Crippen molar-refractivity contribution in [2.75, 3.05) is 40.3 Å². The lowest BCUT2D eigenvalue weighted by molar-refractivity contribution is 0.400. The smallest absolute Gasteiger partial charge is 0.0544 e. The van der Waals surface area contributed by atoms with E-state index in [4.69, 9.17) is 5.73 Å². The van der Waals surface area contributed by atoms with Crippen LogP contribution in [0.25, 0.3) is 0 Å². The van der Waals surface area contributed by atoms with E-state index in [9.17, 15) is 0 Å². The highest BCUT2D eigenvalue weighted by Crippen LogP contribution is 2.11. The number of pyridine rings is 1. The fourth-order valence-corrected chi connectivity index (χ4v) is 3.04. The molecule has 5 nitrogen and oxygen atoms in total. The third kappa shape index (κ3) is 9.11. The van der Waals surface area contributed by atoms with Crippen molar-refractivity contribution >= 4 is 0 Å². The van der Waals surface area contributed by atoms with Crippen molar-refractivity contribution in [1.82, 2.24) is 20.5 Å². The van der Waals surface area contributed by atoms with Gasteiger partial charge in [-0.2, -0.15) is 0 Å². The van der Waals surface area contributed by atoms with Crippen molar-refractivity contribution in [3.63, 3.8) is 0 Å². The monoisotopic (exact) mass is 369 g/mol. The summed E-state index contributed by atoms with van der Waals surface area (Å²) in [5.41, 5.74) is 9.70. The summed E-state index contributed by atoms with van der Waals surface area (Å²) in [7, 11) is 4.18. The van der Waals surface area contributed by atoms with Crippen LogP contribution >= 0.6 is 0 Å². The van der Waals surface area contributed by atoms with E-state index in [0.29, 0.717) is 5.92 Å². The zero-order chi connectivity index (χ0) is 19.3. The lowest BCUT2D eigenvalue weighted by Gasteiger charge is -2.15. The molecule has 0 spiro atoms. The highest BCUT2D eigenvalue weighted by Gasteiger charge is 2.07. The number of nitrogens with one attached hydrogen (secondary N) is 2. The van der Waals surface area contributed by atoms with Crippen molar-refractivity contribution < 1.29 is 0 Å². The quantitative estimate of drug-likeness (QED) is 0.472. The topological polar surface area (TPSA) is 66.2 Å². The van der Waals surface area contributed by atoms with Crippen LogP contribution in [0.1, 0.15) is 23.2 Å². The molecule has 2 rings (SSSR count). The lowest BCUT2D eigenvalue weighted by atomic mass is 9.96. The van der Waals surface area contributed by atoms with Gasteiger partial charge in [0.1, 0.15) is 0 Å². The van der Waals surface area contributed by atoms with Gasteiger partial charge in [-0.3, -0.25) is 4.98 Å². The zero-order valence-corrected chi connectivity index (χ0v) is 16.8. The van der Waals surface area contributed by atoms with Crippen LogP contribution < -0.4 is 16.4 Å². The van der Waals surface area contributed by atoms with E-state index >= 15 is 0 Å². The van der Waals surface area contributed by atoms with E-state index in [0.717, 1.165) is 57.8 Å². The number of hydrogen-bond donors (Lipinski definition) is 3. The first kappa shape index (κ1) is 21.5. The largest absolute Gasteiger partial charge is 0.330 e. The SMILES string of the molecule is CN(C)CCNCc1ccnc(CNCCC(CN)Cc2ccccc2)c1. The van der Waals surface area contributed by atoms with Crippen LogP contribution in [0.4, 0.5) is 0 Å².